The number of aromatic nitrogens is 1. The predicted molar refractivity (Wildman–Crippen MR) is 89.0 cm³/mol. The van der Waals surface area contributed by atoms with E-state index in [1.165, 1.54) is 6.07 Å². The van der Waals surface area contributed by atoms with Crippen LogP contribution in [-0.2, 0) is 0 Å². The lowest BCUT2D eigenvalue weighted by Crippen LogP contribution is -2.19. The summed E-state index contributed by atoms with van der Waals surface area (Å²) in [7, 11) is 0. The van der Waals surface area contributed by atoms with Crippen LogP contribution in [0.1, 0.15) is 10.5 Å². The van der Waals surface area contributed by atoms with Gasteiger partial charge in [0.05, 0.1) is 10.7 Å². The minimum atomic E-state index is -0.452. The van der Waals surface area contributed by atoms with E-state index in [2.05, 4.69) is 10.3 Å². The van der Waals surface area contributed by atoms with Gasteiger partial charge < -0.3 is 10.3 Å². The van der Waals surface area contributed by atoms with Crippen LogP contribution >= 0.6 is 23.2 Å². The Morgan fingerprint density at radius 2 is 1.82 bits per heavy atom. The van der Waals surface area contributed by atoms with Crippen molar-refractivity contribution in [1.29, 1.82) is 0 Å². The molecule has 110 valence electrons. The van der Waals surface area contributed by atoms with Crippen LogP contribution in [0.4, 0.5) is 5.69 Å². The van der Waals surface area contributed by atoms with E-state index in [0.717, 1.165) is 0 Å². The van der Waals surface area contributed by atoms with E-state index >= 15 is 0 Å². The van der Waals surface area contributed by atoms with E-state index in [-0.39, 0.29) is 11.3 Å². The van der Waals surface area contributed by atoms with Gasteiger partial charge in [-0.25, -0.2) is 0 Å². The van der Waals surface area contributed by atoms with Gasteiger partial charge in [-0.1, -0.05) is 41.4 Å². The van der Waals surface area contributed by atoms with Crippen LogP contribution in [0, 0.1) is 0 Å². The van der Waals surface area contributed by atoms with E-state index in [1.807, 2.05) is 0 Å². The number of hydrogen-bond acceptors (Lipinski definition) is 2. The van der Waals surface area contributed by atoms with E-state index < -0.39 is 5.91 Å². The van der Waals surface area contributed by atoms with Crippen LogP contribution in [0.25, 0.3) is 10.8 Å². The lowest BCUT2D eigenvalue weighted by molar-refractivity contribution is 0.102. The van der Waals surface area contributed by atoms with Gasteiger partial charge in [0.1, 0.15) is 5.69 Å². The highest BCUT2D eigenvalue weighted by atomic mass is 35.5. The Kier molecular flexibility index (Phi) is 3.88. The van der Waals surface area contributed by atoms with Crippen molar-refractivity contribution in [2.75, 3.05) is 5.32 Å². The number of halogens is 2. The molecule has 22 heavy (non-hydrogen) atoms. The molecule has 4 nitrogen and oxygen atoms in total. The summed E-state index contributed by atoms with van der Waals surface area (Å²) in [6.45, 7) is 0. The number of H-pyrrole nitrogens is 1. The molecule has 1 amide bonds. The van der Waals surface area contributed by atoms with Crippen LogP contribution in [0.15, 0.2) is 53.3 Å². The predicted octanol–water partition coefficient (Wildman–Crippen LogP) is 4.09. The van der Waals surface area contributed by atoms with Crippen LogP contribution in [-0.4, -0.2) is 10.9 Å². The maximum Gasteiger partial charge on any atom is 0.272 e. The SMILES string of the molecule is O=C(Nc1ccc(Cl)cc1Cl)c1cc2ccccc2c(=O)[nH]1. The fraction of sp³-hybridized carbons (Fsp3) is 0. The first-order valence-corrected chi connectivity index (χ1v) is 7.18. The van der Waals surface area contributed by atoms with Crippen LogP contribution in [0.5, 0.6) is 0 Å². The lowest BCUT2D eigenvalue weighted by atomic mass is 10.1. The smallest absolute Gasteiger partial charge is 0.272 e. The second-order valence-corrected chi connectivity index (χ2v) is 5.52. The zero-order valence-corrected chi connectivity index (χ0v) is 12.7. The molecule has 0 atom stereocenters. The van der Waals surface area contributed by atoms with Gasteiger partial charge >= 0.3 is 0 Å². The molecule has 0 unspecified atom stereocenters. The molecule has 0 bridgehead atoms. The molecular weight excluding hydrogens is 323 g/mol. The summed E-state index contributed by atoms with van der Waals surface area (Å²) in [5.74, 6) is -0.452. The Morgan fingerprint density at radius 1 is 1.05 bits per heavy atom. The summed E-state index contributed by atoms with van der Waals surface area (Å²) in [6, 6.07) is 13.4. The van der Waals surface area contributed by atoms with Gasteiger partial charge in [-0.3, -0.25) is 9.59 Å². The summed E-state index contributed by atoms with van der Waals surface area (Å²) in [4.78, 5) is 26.8. The second kappa shape index (κ2) is 5.83. The zero-order valence-electron chi connectivity index (χ0n) is 11.2. The molecule has 3 aromatic rings. The van der Waals surface area contributed by atoms with Gasteiger partial charge in [0, 0.05) is 10.4 Å². The fourth-order valence-electron chi connectivity index (χ4n) is 2.11. The third-order valence-electron chi connectivity index (χ3n) is 3.18. The van der Waals surface area contributed by atoms with Crippen molar-refractivity contribution in [3.63, 3.8) is 0 Å². The topological polar surface area (TPSA) is 62.0 Å². The molecule has 3 rings (SSSR count). The first kappa shape index (κ1) is 14.6. The highest BCUT2D eigenvalue weighted by Gasteiger charge is 2.11. The summed E-state index contributed by atoms with van der Waals surface area (Å²) >= 11 is 11.8. The van der Waals surface area contributed by atoms with Crippen molar-refractivity contribution in [3.8, 4) is 0 Å². The molecule has 0 aliphatic carbocycles. The highest BCUT2D eigenvalue weighted by molar-refractivity contribution is 6.36. The van der Waals surface area contributed by atoms with Gasteiger partial charge in [0.25, 0.3) is 11.5 Å². The molecule has 1 aromatic heterocycles. The average Bonchev–Trinajstić information content (AvgIpc) is 2.50. The Hall–Kier alpha value is -2.30. The van der Waals surface area contributed by atoms with Crippen molar-refractivity contribution in [3.05, 3.63) is 74.6 Å². The third-order valence-corrected chi connectivity index (χ3v) is 3.73. The Morgan fingerprint density at radius 3 is 2.59 bits per heavy atom. The molecule has 2 N–H and O–H groups in total. The van der Waals surface area contributed by atoms with Crippen LogP contribution in [0.2, 0.25) is 10.0 Å². The molecule has 0 spiro atoms. The van der Waals surface area contributed by atoms with Crippen molar-refractivity contribution in [1.82, 2.24) is 4.98 Å². The average molecular weight is 333 g/mol. The summed E-state index contributed by atoms with van der Waals surface area (Å²) < 4.78 is 0. The van der Waals surface area contributed by atoms with Gasteiger partial charge in [-0.2, -0.15) is 0 Å². The van der Waals surface area contributed by atoms with Crippen LogP contribution < -0.4 is 10.9 Å². The van der Waals surface area contributed by atoms with Crippen molar-refractivity contribution < 1.29 is 4.79 Å². The van der Waals surface area contributed by atoms with Crippen LogP contribution in [0.3, 0.4) is 0 Å². The van der Waals surface area contributed by atoms with Gasteiger partial charge in [0.15, 0.2) is 0 Å². The normalized spacial score (nSPS) is 10.6. The Bertz CT molecular complexity index is 935. The maximum atomic E-state index is 12.3. The number of nitrogens with one attached hydrogen (secondary N) is 2. The lowest BCUT2D eigenvalue weighted by Gasteiger charge is -2.08. The first-order valence-electron chi connectivity index (χ1n) is 6.43. The zero-order chi connectivity index (χ0) is 15.7. The minimum absolute atomic E-state index is 0.162. The molecule has 0 aliphatic heterocycles. The quantitative estimate of drug-likeness (QED) is 0.742. The summed E-state index contributed by atoms with van der Waals surface area (Å²) in [6.07, 6.45) is 0. The van der Waals surface area contributed by atoms with E-state index in [0.29, 0.717) is 26.5 Å². The number of carbonyl (C=O) groups excluding carboxylic acids is 1. The molecule has 2 aromatic carbocycles. The molecule has 0 fully saturated rings. The van der Waals surface area contributed by atoms with E-state index in [1.54, 1.807) is 42.5 Å². The molecular formula is C16H10Cl2N2O2. The van der Waals surface area contributed by atoms with Crippen molar-refractivity contribution in [2.24, 2.45) is 0 Å². The summed E-state index contributed by atoms with van der Waals surface area (Å²) in [5.41, 5.74) is 0.269. The number of anilines is 1. The third kappa shape index (κ3) is 2.84. The number of aromatic amines is 1. The Balaban J connectivity index is 1.97. The number of amides is 1. The molecule has 1 heterocycles. The number of pyridine rings is 1. The van der Waals surface area contributed by atoms with Gasteiger partial charge in [-0.05, 0) is 35.7 Å². The molecule has 0 radical (unpaired) electrons. The maximum absolute atomic E-state index is 12.3. The molecule has 0 saturated carbocycles. The molecule has 6 heteroatoms. The standard InChI is InChI=1S/C16H10Cl2N2O2/c17-10-5-6-13(12(18)8-10)19-16(22)14-7-9-3-1-2-4-11(9)15(21)20-14/h1-8H,(H,19,22)(H,20,21). The molecule has 0 saturated heterocycles. The monoisotopic (exact) mass is 332 g/mol. The Labute approximate surface area is 135 Å². The first-order chi connectivity index (χ1) is 10.5. The van der Waals surface area contributed by atoms with E-state index in [9.17, 15) is 9.59 Å². The fourth-order valence-corrected chi connectivity index (χ4v) is 2.57. The van der Waals surface area contributed by atoms with E-state index in [4.69, 9.17) is 23.2 Å². The number of hydrogen-bond donors (Lipinski definition) is 2. The van der Waals surface area contributed by atoms with Crippen molar-refractivity contribution >= 4 is 45.6 Å². The number of benzene rings is 2. The summed E-state index contributed by atoms with van der Waals surface area (Å²) in [5, 5.41) is 4.67. The molecule has 0 aliphatic rings. The highest BCUT2D eigenvalue weighted by Crippen LogP contribution is 2.25. The minimum Gasteiger partial charge on any atom is -0.319 e. The van der Waals surface area contributed by atoms with Gasteiger partial charge in [-0.15, -0.1) is 0 Å². The van der Waals surface area contributed by atoms with Gasteiger partial charge in [0.2, 0.25) is 0 Å². The number of fused-ring (bicyclic) bond motifs is 1. The second-order valence-electron chi connectivity index (χ2n) is 4.68. The largest absolute Gasteiger partial charge is 0.319 e. The number of carbonyl (C=O) groups is 1. The number of rotatable bonds is 2. The van der Waals surface area contributed by atoms with Crippen molar-refractivity contribution in [2.45, 2.75) is 0 Å².